The minimum absolute atomic E-state index is 0.120. The van der Waals surface area contributed by atoms with Crippen LogP contribution in [0.3, 0.4) is 0 Å². The molecule has 246 valence electrons. The number of nitriles is 1. The number of phosphoric acid groups is 1. The summed E-state index contributed by atoms with van der Waals surface area (Å²) in [6.45, 7) is 2.96. The topological polar surface area (TPSA) is 87.0 Å². The third-order valence-corrected chi connectivity index (χ3v) is 9.05. The third-order valence-electron chi connectivity index (χ3n) is 7.40. The lowest BCUT2D eigenvalue weighted by Gasteiger charge is -2.22. The van der Waals surface area contributed by atoms with Crippen LogP contribution in [0, 0.1) is 11.3 Å². The number of phosphoric ester groups is 1. The zero-order valence-corrected chi connectivity index (χ0v) is 28.5. The molecule has 7 nitrogen and oxygen atoms in total. The number of unbranched alkanes of at least 4 members (excludes halogenated alkanes) is 15. The van der Waals surface area contributed by atoms with E-state index >= 15 is 0 Å². The largest absolute Gasteiger partial charge is 0.529 e. The Hall–Kier alpha value is -2.07. The Morgan fingerprint density at radius 3 is 1.95 bits per heavy atom. The molecule has 1 unspecified atom stereocenters. The van der Waals surface area contributed by atoms with E-state index in [0.29, 0.717) is 17.9 Å². The van der Waals surface area contributed by atoms with Gasteiger partial charge in [-0.15, -0.1) is 0 Å². The van der Waals surface area contributed by atoms with Crippen molar-refractivity contribution in [1.29, 1.82) is 5.26 Å². The van der Waals surface area contributed by atoms with Crippen LogP contribution in [0.5, 0.6) is 11.5 Å². The molecule has 0 fully saturated rings. The lowest BCUT2D eigenvalue weighted by atomic mass is 10.0. The van der Waals surface area contributed by atoms with Crippen LogP contribution in [0.2, 0.25) is 5.02 Å². The van der Waals surface area contributed by atoms with Gasteiger partial charge >= 0.3 is 7.82 Å². The number of ether oxygens (including phenoxy) is 2. The Labute approximate surface area is 271 Å². The molecule has 0 spiro atoms. The van der Waals surface area contributed by atoms with Gasteiger partial charge in [-0.25, -0.2) is 4.57 Å². The molecule has 0 aromatic heterocycles. The van der Waals surface area contributed by atoms with Crippen LogP contribution in [-0.4, -0.2) is 33.0 Å². The van der Waals surface area contributed by atoms with Crippen LogP contribution in [0.1, 0.15) is 115 Å². The quantitative estimate of drug-likeness (QED) is 0.0702. The lowest BCUT2D eigenvalue weighted by Crippen LogP contribution is -2.29. The molecule has 0 saturated heterocycles. The summed E-state index contributed by atoms with van der Waals surface area (Å²) >= 11 is 6.15. The van der Waals surface area contributed by atoms with Crippen LogP contribution < -0.4 is 9.26 Å². The molecule has 9 heteroatoms. The third kappa shape index (κ3) is 17.4. The second-order valence-corrected chi connectivity index (χ2v) is 13.3. The number of halogens is 1. The lowest BCUT2D eigenvalue weighted by molar-refractivity contribution is 0.0172. The minimum Gasteiger partial charge on any atom is -0.486 e. The van der Waals surface area contributed by atoms with E-state index < -0.39 is 13.9 Å². The molecule has 0 aliphatic heterocycles. The van der Waals surface area contributed by atoms with Crippen molar-refractivity contribution in [3.63, 3.8) is 0 Å². The van der Waals surface area contributed by atoms with Crippen LogP contribution in [0.15, 0.2) is 48.5 Å². The zero-order valence-electron chi connectivity index (χ0n) is 26.9. The normalized spacial score (nSPS) is 13.2. The van der Waals surface area contributed by atoms with E-state index in [1.54, 1.807) is 48.5 Å². The SMILES string of the molecule is CCCCCCCCCCCCCCCCCCOC[C@H](COP(=O)(OC)Oc1ccccc1Cl)Oc1cccc(C#N)c1. The van der Waals surface area contributed by atoms with Crippen LogP contribution in [0.25, 0.3) is 0 Å². The summed E-state index contributed by atoms with van der Waals surface area (Å²) in [6.07, 6.45) is 20.5. The van der Waals surface area contributed by atoms with Gasteiger partial charge in [-0.2, -0.15) is 5.26 Å². The smallest absolute Gasteiger partial charge is 0.486 e. The molecule has 0 aliphatic rings. The Balaban J connectivity index is 1.65. The number of nitrogens with zero attached hydrogens (tertiary/aromatic N) is 1. The van der Waals surface area contributed by atoms with Gasteiger partial charge in [0.05, 0.1) is 29.9 Å². The Bertz CT molecular complexity index is 1110. The highest BCUT2D eigenvalue weighted by Gasteiger charge is 2.30. The molecule has 2 aromatic carbocycles. The van der Waals surface area contributed by atoms with E-state index in [2.05, 4.69) is 13.0 Å². The van der Waals surface area contributed by atoms with Gasteiger partial charge in [0.1, 0.15) is 17.6 Å². The van der Waals surface area contributed by atoms with E-state index in [0.717, 1.165) is 12.8 Å². The fourth-order valence-corrected chi connectivity index (χ4v) is 6.05. The van der Waals surface area contributed by atoms with E-state index in [1.165, 1.54) is 97.0 Å². The molecule has 0 N–H and O–H groups in total. The van der Waals surface area contributed by atoms with E-state index in [4.69, 9.17) is 34.6 Å². The predicted molar refractivity (Wildman–Crippen MR) is 179 cm³/mol. The molecular weight excluding hydrogens is 597 g/mol. The van der Waals surface area contributed by atoms with Crippen molar-refractivity contribution in [2.45, 2.75) is 116 Å². The molecule has 2 rings (SSSR count). The fourth-order valence-electron chi connectivity index (χ4n) is 4.84. The first-order valence-electron chi connectivity index (χ1n) is 16.5. The summed E-state index contributed by atoms with van der Waals surface area (Å²) in [5, 5.41) is 9.53. The van der Waals surface area contributed by atoms with Crippen LogP contribution in [-0.2, 0) is 18.3 Å². The molecule has 0 bridgehead atoms. The number of benzene rings is 2. The van der Waals surface area contributed by atoms with Crippen molar-refractivity contribution in [3.8, 4) is 17.6 Å². The molecule has 0 aliphatic carbocycles. The zero-order chi connectivity index (χ0) is 31.7. The summed E-state index contributed by atoms with van der Waals surface area (Å²) in [7, 11) is -2.73. The number of hydrogen-bond acceptors (Lipinski definition) is 7. The standard InChI is InChI=1S/C35H53ClNO6P/c1-3-4-5-6-7-8-9-10-11-12-13-14-15-16-17-20-26-40-29-33(42-32-23-21-22-31(27-32)28-37)30-41-44(38,39-2)43-35-25-19-18-24-34(35)36/h18-19,21-25,27,33H,3-17,20,26,29-30H2,1-2H3/t33-,44?/m1/s1. The molecule has 44 heavy (non-hydrogen) atoms. The van der Waals surface area contributed by atoms with Gasteiger partial charge in [-0.1, -0.05) is 133 Å². The Kier molecular flexibility index (Phi) is 21.0. The Morgan fingerprint density at radius 2 is 1.39 bits per heavy atom. The Morgan fingerprint density at radius 1 is 0.795 bits per heavy atom. The van der Waals surface area contributed by atoms with E-state index in [-0.39, 0.29) is 24.0 Å². The van der Waals surface area contributed by atoms with E-state index in [9.17, 15) is 9.83 Å². The average molecular weight is 650 g/mol. The molecule has 0 saturated carbocycles. The van der Waals surface area contributed by atoms with Gasteiger partial charge in [-0.05, 0) is 36.8 Å². The van der Waals surface area contributed by atoms with Gasteiger partial charge in [0.15, 0.2) is 0 Å². The van der Waals surface area contributed by atoms with Crippen molar-refractivity contribution in [1.82, 2.24) is 0 Å². The first-order chi connectivity index (χ1) is 21.5. The van der Waals surface area contributed by atoms with Crippen molar-refractivity contribution in [2.75, 3.05) is 26.9 Å². The second-order valence-electron chi connectivity index (χ2n) is 11.2. The highest BCUT2D eigenvalue weighted by molar-refractivity contribution is 7.48. The summed E-state index contributed by atoms with van der Waals surface area (Å²) in [5.41, 5.74) is 0.473. The molecule has 0 heterocycles. The van der Waals surface area contributed by atoms with Gasteiger partial charge in [0, 0.05) is 13.7 Å². The van der Waals surface area contributed by atoms with Crippen LogP contribution >= 0.6 is 19.4 Å². The van der Waals surface area contributed by atoms with Crippen molar-refractivity contribution in [3.05, 3.63) is 59.1 Å². The highest BCUT2D eigenvalue weighted by atomic mass is 35.5. The van der Waals surface area contributed by atoms with Crippen molar-refractivity contribution < 1.29 is 27.6 Å². The van der Waals surface area contributed by atoms with E-state index in [1.807, 2.05) is 0 Å². The number of hydrogen-bond donors (Lipinski definition) is 0. The molecule has 0 amide bonds. The van der Waals surface area contributed by atoms with Gasteiger partial charge < -0.3 is 14.0 Å². The molecule has 2 atom stereocenters. The maximum Gasteiger partial charge on any atom is 0.529 e. The average Bonchev–Trinajstić information content (AvgIpc) is 3.04. The number of rotatable bonds is 27. The second kappa shape index (κ2) is 24.2. The van der Waals surface area contributed by atoms with Crippen molar-refractivity contribution >= 4 is 19.4 Å². The summed E-state index contributed by atoms with van der Waals surface area (Å²) < 4.78 is 41.3. The first-order valence-corrected chi connectivity index (χ1v) is 18.3. The van der Waals surface area contributed by atoms with Gasteiger partial charge in [-0.3, -0.25) is 9.05 Å². The maximum absolute atomic E-state index is 13.1. The number of para-hydroxylation sites is 1. The molecule has 0 radical (unpaired) electrons. The van der Waals surface area contributed by atoms with Gasteiger partial charge in [0.25, 0.3) is 0 Å². The molecule has 2 aromatic rings. The first kappa shape index (κ1) is 38.1. The molecular formula is C35H53ClNO6P. The summed E-state index contributed by atoms with van der Waals surface area (Å²) in [5.74, 6) is 0.682. The monoisotopic (exact) mass is 649 g/mol. The fraction of sp³-hybridized carbons (Fsp3) is 0.629. The van der Waals surface area contributed by atoms with Gasteiger partial charge in [0.2, 0.25) is 0 Å². The van der Waals surface area contributed by atoms with Crippen LogP contribution in [0.4, 0.5) is 0 Å². The highest BCUT2D eigenvalue weighted by Crippen LogP contribution is 2.50. The summed E-state index contributed by atoms with van der Waals surface area (Å²) in [4.78, 5) is 0. The summed E-state index contributed by atoms with van der Waals surface area (Å²) in [6, 6.07) is 15.6. The maximum atomic E-state index is 13.1. The predicted octanol–water partition coefficient (Wildman–Crippen LogP) is 11.1. The minimum atomic E-state index is -3.97. The van der Waals surface area contributed by atoms with Crippen molar-refractivity contribution in [2.24, 2.45) is 0 Å².